The van der Waals surface area contributed by atoms with Gasteiger partial charge >= 0.3 is 0 Å². The fourth-order valence-corrected chi connectivity index (χ4v) is 6.11. The number of hydrogen-bond donors (Lipinski definition) is 1. The molecule has 7 nitrogen and oxygen atoms in total. The Labute approximate surface area is 215 Å². The lowest BCUT2D eigenvalue weighted by Gasteiger charge is -2.26. The zero-order valence-corrected chi connectivity index (χ0v) is 22.4. The van der Waals surface area contributed by atoms with Crippen LogP contribution in [0.3, 0.4) is 0 Å². The molecule has 0 unspecified atom stereocenters. The van der Waals surface area contributed by atoms with Gasteiger partial charge in [-0.3, -0.25) is 9.10 Å². The van der Waals surface area contributed by atoms with Crippen molar-refractivity contribution in [3.63, 3.8) is 0 Å². The Hall–Kier alpha value is -2.81. The highest BCUT2D eigenvalue weighted by Gasteiger charge is 2.27. The minimum Gasteiger partial charge on any atom is -0.327 e. The molecule has 190 valence electrons. The molecule has 1 fully saturated rings. The summed E-state index contributed by atoms with van der Waals surface area (Å²) < 4.78 is 30.3. The van der Waals surface area contributed by atoms with Gasteiger partial charge in [-0.1, -0.05) is 40.0 Å². The van der Waals surface area contributed by atoms with Crippen LogP contribution in [0.4, 0.5) is 11.4 Å². The van der Waals surface area contributed by atoms with E-state index in [0.29, 0.717) is 17.3 Å². The highest BCUT2D eigenvalue weighted by atomic mass is 32.2. The zero-order chi connectivity index (χ0) is 26.1. The van der Waals surface area contributed by atoms with Gasteiger partial charge in [0.25, 0.3) is 10.0 Å². The molecule has 2 radical (unpaired) electrons. The lowest BCUT2D eigenvalue weighted by Crippen LogP contribution is -2.26. The average molecular weight is 506 g/mol. The summed E-state index contributed by atoms with van der Waals surface area (Å²) in [7, 11) is 3.06. The molecular weight excluding hydrogens is 471 g/mol. The molecule has 36 heavy (non-hydrogen) atoms. The van der Waals surface area contributed by atoms with E-state index in [2.05, 4.69) is 30.7 Å². The smallest absolute Gasteiger partial charge is 0.264 e. The van der Waals surface area contributed by atoms with E-state index >= 15 is 0 Å². The van der Waals surface area contributed by atoms with Crippen LogP contribution < -0.4 is 9.62 Å². The van der Waals surface area contributed by atoms with Crippen LogP contribution in [0.2, 0.25) is 6.32 Å². The van der Waals surface area contributed by atoms with Crippen molar-refractivity contribution in [3.05, 3.63) is 48.3 Å². The number of sulfonamides is 1. The van der Waals surface area contributed by atoms with Gasteiger partial charge < -0.3 is 9.88 Å². The first kappa shape index (κ1) is 26.3. The van der Waals surface area contributed by atoms with Crippen molar-refractivity contribution >= 4 is 46.2 Å². The van der Waals surface area contributed by atoms with E-state index in [9.17, 15) is 13.2 Å². The summed E-state index contributed by atoms with van der Waals surface area (Å²) in [5, 5.41) is 2.62. The molecule has 0 saturated heterocycles. The molecule has 1 aromatic heterocycles. The Morgan fingerprint density at radius 3 is 2.39 bits per heavy atom. The number of nitrogens with zero attached hydrogens (tertiary/aromatic N) is 3. The predicted octanol–water partition coefficient (Wildman–Crippen LogP) is 5.26. The van der Waals surface area contributed by atoms with Crippen molar-refractivity contribution in [3.8, 4) is 0 Å². The molecule has 0 atom stereocenters. The monoisotopic (exact) mass is 506 g/mol. The van der Waals surface area contributed by atoms with Crippen molar-refractivity contribution in [2.24, 2.45) is 5.92 Å². The number of imidazole rings is 1. The van der Waals surface area contributed by atoms with Crippen molar-refractivity contribution in [1.82, 2.24) is 9.55 Å². The molecule has 1 saturated carbocycles. The number of hydrogen-bond acceptors (Lipinski definition) is 4. The largest absolute Gasteiger partial charge is 0.327 e. The van der Waals surface area contributed by atoms with Gasteiger partial charge in [-0.2, -0.15) is 0 Å². The summed E-state index contributed by atoms with van der Waals surface area (Å²) in [6.45, 7) is 7.46. The van der Waals surface area contributed by atoms with Gasteiger partial charge in [0.15, 0.2) is 0 Å². The Bertz CT molecular complexity index is 1340. The first-order valence-electron chi connectivity index (χ1n) is 12.6. The Morgan fingerprint density at radius 1 is 1.11 bits per heavy atom. The second-order valence-corrected chi connectivity index (χ2v) is 12.7. The number of aromatic nitrogens is 2. The van der Waals surface area contributed by atoms with E-state index in [1.807, 2.05) is 18.2 Å². The number of benzene rings is 2. The van der Waals surface area contributed by atoms with Gasteiger partial charge in [0.1, 0.15) is 5.82 Å². The highest BCUT2D eigenvalue weighted by molar-refractivity contribution is 7.92. The maximum atomic E-state index is 13.3. The summed E-state index contributed by atoms with van der Waals surface area (Å²) in [6.07, 6.45) is 6.25. The van der Waals surface area contributed by atoms with Crippen molar-refractivity contribution in [2.75, 3.05) is 16.7 Å². The quantitative estimate of drug-likeness (QED) is 0.443. The van der Waals surface area contributed by atoms with E-state index in [1.54, 1.807) is 19.2 Å². The van der Waals surface area contributed by atoms with E-state index in [0.717, 1.165) is 23.4 Å². The van der Waals surface area contributed by atoms with Crippen molar-refractivity contribution in [1.29, 1.82) is 0 Å². The van der Waals surface area contributed by atoms with Crippen molar-refractivity contribution < 1.29 is 13.2 Å². The van der Waals surface area contributed by atoms with Crippen LogP contribution >= 0.6 is 0 Å². The summed E-state index contributed by atoms with van der Waals surface area (Å²) in [6, 6.07) is 11.8. The van der Waals surface area contributed by atoms with E-state index < -0.39 is 10.0 Å². The maximum Gasteiger partial charge on any atom is 0.264 e. The number of fused-ring (bicyclic) bond motifs is 1. The van der Waals surface area contributed by atoms with Crippen LogP contribution in [0.25, 0.3) is 11.0 Å². The maximum absolute atomic E-state index is 13.3. The highest BCUT2D eigenvalue weighted by Crippen LogP contribution is 2.33. The third kappa shape index (κ3) is 5.46. The topological polar surface area (TPSA) is 84.3 Å². The van der Waals surface area contributed by atoms with Crippen LogP contribution in [0.5, 0.6) is 0 Å². The normalized spacial score (nSPS) is 15.2. The molecule has 2 aromatic carbocycles. The third-order valence-corrected chi connectivity index (χ3v) is 8.71. The SMILES string of the molecule is [B]CC(=O)Nc1ccc(S(=O)(=O)N(C)c2ccc3c(c2)nc(C(C)(C)C)n3CC2CCCCC2)cc1. The molecule has 4 rings (SSSR count). The molecule has 1 aliphatic carbocycles. The molecular formula is C27H35BN4O3S. The molecule has 1 amide bonds. The molecule has 1 aliphatic rings. The molecule has 1 N–H and O–H groups in total. The zero-order valence-electron chi connectivity index (χ0n) is 21.6. The summed E-state index contributed by atoms with van der Waals surface area (Å²) in [4.78, 5) is 16.6. The van der Waals surface area contributed by atoms with E-state index in [-0.39, 0.29) is 22.5 Å². The van der Waals surface area contributed by atoms with Crippen LogP contribution in [0.1, 0.15) is 58.7 Å². The first-order chi connectivity index (χ1) is 17.0. The number of carbonyl (C=O) groups excluding carboxylic acids is 1. The summed E-state index contributed by atoms with van der Waals surface area (Å²) in [5.41, 5.74) is 2.75. The van der Waals surface area contributed by atoms with Crippen LogP contribution in [0.15, 0.2) is 47.4 Å². The standard InChI is InChI=1S/C27H35BN4O3S/c1-27(2,3)26-30-23-16-21(12-15-24(23)32(26)18-19-8-6-5-7-9-19)31(4)36(34,35)22-13-10-20(11-14-22)29-25(33)17-28/h10-16,19H,5-9,17-18H2,1-4H3,(H,29,33). The number of carbonyl (C=O) groups is 1. The fraction of sp³-hybridized carbons (Fsp3) is 0.481. The van der Waals surface area contributed by atoms with Gasteiger partial charge in [0.05, 0.1) is 29.5 Å². The predicted molar refractivity (Wildman–Crippen MR) is 146 cm³/mol. The van der Waals surface area contributed by atoms with Crippen LogP contribution in [-0.2, 0) is 26.8 Å². The molecule has 0 aliphatic heterocycles. The number of rotatable bonds is 7. The van der Waals surface area contributed by atoms with Gasteiger partial charge in [-0.15, -0.1) is 0 Å². The van der Waals surface area contributed by atoms with Gasteiger partial charge in [0, 0.05) is 24.7 Å². The Morgan fingerprint density at radius 2 is 1.78 bits per heavy atom. The first-order valence-corrected chi connectivity index (χ1v) is 14.0. The molecule has 9 heteroatoms. The second-order valence-electron chi connectivity index (χ2n) is 10.7. The van der Waals surface area contributed by atoms with Gasteiger partial charge in [-0.05, 0) is 67.5 Å². The number of nitrogens with one attached hydrogen (secondary N) is 1. The lowest BCUT2D eigenvalue weighted by atomic mass is 9.88. The molecule has 3 aromatic rings. The molecule has 0 bridgehead atoms. The minimum absolute atomic E-state index is 0.132. The Kier molecular flexibility index (Phi) is 7.50. The van der Waals surface area contributed by atoms with Crippen LogP contribution in [0, 0.1) is 5.92 Å². The fourth-order valence-electron chi connectivity index (χ4n) is 4.92. The number of amides is 1. The molecule has 0 spiro atoms. The summed E-state index contributed by atoms with van der Waals surface area (Å²) >= 11 is 0. The van der Waals surface area contributed by atoms with E-state index in [1.165, 1.54) is 48.5 Å². The second kappa shape index (κ2) is 10.3. The average Bonchev–Trinajstić information content (AvgIpc) is 3.22. The van der Waals surface area contributed by atoms with Gasteiger partial charge in [0.2, 0.25) is 5.91 Å². The van der Waals surface area contributed by atoms with E-state index in [4.69, 9.17) is 12.8 Å². The number of anilines is 2. The Balaban J connectivity index is 1.65. The van der Waals surface area contributed by atoms with Gasteiger partial charge in [-0.25, -0.2) is 13.4 Å². The summed E-state index contributed by atoms with van der Waals surface area (Å²) in [5.74, 6) is 1.34. The third-order valence-electron chi connectivity index (χ3n) is 6.91. The van der Waals surface area contributed by atoms with Crippen molar-refractivity contribution in [2.45, 2.75) is 76.1 Å². The van der Waals surface area contributed by atoms with Crippen LogP contribution in [-0.4, -0.2) is 38.8 Å². The molecule has 1 heterocycles. The minimum atomic E-state index is -3.80. The lowest BCUT2D eigenvalue weighted by molar-refractivity contribution is -0.114.